The lowest BCUT2D eigenvalue weighted by atomic mass is 9.67. The van der Waals surface area contributed by atoms with Crippen LogP contribution < -0.4 is 0 Å². The van der Waals surface area contributed by atoms with Crippen LogP contribution in [0.3, 0.4) is 0 Å². The molecule has 0 atom stereocenters. The van der Waals surface area contributed by atoms with Gasteiger partial charge in [0, 0.05) is 10.8 Å². The van der Waals surface area contributed by atoms with Gasteiger partial charge in [-0.15, -0.1) is 7.92 Å². The summed E-state index contributed by atoms with van der Waals surface area (Å²) in [4.78, 5) is 10.3. The average Bonchev–Trinajstić information content (AvgIpc) is 3.13. The number of nitrogens with zero attached hydrogens (tertiary/aromatic N) is 3. The Bertz CT molecular complexity index is 1350. The van der Waals surface area contributed by atoms with Gasteiger partial charge in [-0.1, -0.05) is 47.1 Å². The molecular weight excluding hydrogens is 445 g/mol. The first-order valence-electron chi connectivity index (χ1n) is 13.3. The predicted molar refractivity (Wildman–Crippen MR) is 156 cm³/mol. The molecule has 0 aliphatic heterocycles. The Balaban J connectivity index is 0.000000527. The highest BCUT2D eigenvalue weighted by Crippen LogP contribution is 2.44. The molecule has 0 unspecified atom stereocenters. The topological polar surface area (TPSA) is 30.2 Å². The van der Waals surface area contributed by atoms with Gasteiger partial charge in [-0.05, 0) is 105 Å². The molecule has 1 aliphatic rings. The zero-order chi connectivity index (χ0) is 25.5. The summed E-state index contributed by atoms with van der Waals surface area (Å²) in [5, 5.41) is 1.15. The van der Waals surface area contributed by atoms with Crippen LogP contribution in [0.2, 0.25) is 0 Å². The lowest BCUT2D eigenvalue weighted by molar-refractivity contribution is 0.147. The minimum atomic E-state index is -0.0751. The SMILES string of the molecule is CCP(C)C.Cc1cc2nc3c4ccc(CCC5(C)CCC5)cc4nc(C(C)(C)C)n3c2cc1C. The van der Waals surface area contributed by atoms with Crippen molar-refractivity contribution >= 4 is 35.5 Å². The van der Waals surface area contributed by atoms with Crippen LogP contribution in [0.4, 0.5) is 0 Å². The number of benzene rings is 2. The largest absolute Gasteiger partial charge is 0.279 e. The normalized spacial score (nSPS) is 15.5. The van der Waals surface area contributed by atoms with Gasteiger partial charge in [0.05, 0.1) is 16.6 Å². The first-order chi connectivity index (χ1) is 16.4. The van der Waals surface area contributed by atoms with Crippen molar-refractivity contribution in [3.05, 3.63) is 52.8 Å². The van der Waals surface area contributed by atoms with Crippen LogP contribution in [0.15, 0.2) is 30.3 Å². The third-order valence-electron chi connectivity index (χ3n) is 7.89. The summed E-state index contributed by atoms with van der Waals surface area (Å²) in [5.74, 6) is 1.08. The molecule has 3 nitrogen and oxygen atoms in total. The molecule has 0 spiro atoms. The van der Waals surface area contributed by atoms with Gasteiger partial charge < -0.3 is 0 Å². The zero-order valence-electron chi connectivity index (χ0n) is 23.4. The fourth-order valence-corrected chi connectivity index (χ4v) is 4.89. The number of aromatic nitrogens is 3. The van der Waals surface area contributed by atoms with Gasteiger partial charge in [-0.25, -0.2) is 9.97 Å². The van der Waals surface area contributed by atoms with E-state index in [0.717, 1.165) is 39.8 Å². The Morgan fingerprint density at radius 1 is 0.971 bits per heavy atom. The minimum Gasteiger partial charge on any atom is -0.279 e. The molecule has 1 fully saturated rings. The standard InChI is InChI=1S/C27H33N3.C4H11P/c1-17-14-22-23(15-18(17)2)30-24(28-22)20-9-8-19(10-13-27(6)11-7-12-27)16-21(20)29-25(30)26(3,4)5;1-4-5(2)3/h8-9,14-16H,7,10-13H2,1-6H3;4H2,1-3H3. The van der Waals surface area contributed by atoms with Gasteiger partial charge in [0.15, 0.2) is 0 Å². The van der Waals surface area contributed by atoms with Crippen LogP contribution >= 0.6 is 7.92 Å². The van der Waals surface area contributed by atoms with Crippen molar-refractivity contribution in [3.63, 3.8) is 0 Å². The molecule has 188 valence electrons. The van der Waals surface area contributed by atoms with Crippen molar-refractivity contribution in [1.29, 1.82) is 0 Å². The molecule has 0 bridgehead atoms. The first kappa shape index (κ1) is 26.1. The summed E-state index contributed by atoms with van der Waals surface area (Å²) in [6.07, 6.45) is 7.95. The van der Waals surface area contributed by atoms with Crippen molar-refractivity contribution in [3.8, 4) is 0 Å². The molecule has 2 aromatic carbocycles. The van der Waals surface area contributed by atoms with Crippen LogP contribution in [0, 0.1) is 19.3 Å². The molecule has 0 amide bonds. The minimum absolute atomic E-state index is 0.0751. The molecule has 5 rings (SSSR count). The summed E-state index contributed by atoms with van der Waals surface area (Å²) in [6.45, 7) is 20.3. The Hall–Kier alpha value is -1.99. The molecule has 35 heavy (non-hydrogen) atoms. The van der Waals surface area contributed by atoms with Crippen LogP contribution in [0.1, 0.15) is 82.8 Å². The van der Waals surface area contributed by atoms with Gasteiger partial charge >= 0.3 is 0 Å². The second-order valence-corrected chi connectivity index (χ2v) is 15.1. The summed E-state index contributed by atoms with van der Waals surface area (Å²) < 4.78 is 2.29. The number of hydrogen-bond acceptors (Lipinski definition) is 2. The molecule has 0 N–H and O–H groups in total. The lowest BCUT2D eigenvalue weighted by Gasteiger charge is -2.38. The Morgan fingerprint density at radius 3 is 2.20 bits per heavy atom. The highest BCUT2D eigenvalue weighted by Gasteiger charge is 2.31. The Kier molecular flexibility index (Phi) is 7.31. The molecular formula is C31H44N3P. The van der Waals surface area contributed by atoms with Gasteiger partial charge in [-0.2, -0.15) is 0 Å². The van der Waals surface area contributed by atoms with Crippen LogP contribution in [0.5, 0.6) is 0 Å². The van der Waals surface area contributed by atoms with E-state index < -0.39 is 0 Å². The molecule has 4 aromatic rings. The van der Waals surface area contributed by atoms with E-state index in [1.807, 2.05) is 0 Å². The van der Waals surface area contributed by atoms with E-state index in [0.29, 0.717) is 13.3 Å². The second kappa shape index (κ2) is 9.81. The monoisotopic (exact) mass is 489 g/mol. The van der Waals surface area contributed by atoms with Crippen molar-refractivity contribution in [1.82, 2.24) is 14.4 Å². The van der Waals surface area contributed by atoms with Gasteiger partial charge in [0.25, 0.3) is 0 Å². The second-order valence-electron chi connectivity index (χ2n) is 12.3. The quantitative estimate of drug-likeness (QED) is 0.268. The number of aryl methyl sites for hydroxylation is 3. The summed E-state index contributed by atoms with van der Waals surface area (Å²) in [6, 6.07) is 11.3. The maximum absolute atomic E-state index is 5.21. The van der Waals surface area contributed by atoms with Gasteiger partial charge in [0.2, 0.25) is 0 Å². The first-order valence-corrected chi connectivity index (χ1v) is 15.7. The molecule has 0 radical (unpaired) electrons. The highest BCUT2D eigenvalue weighted by atomic mass is 31.1. The van der Waals surface area contributed by atoms with Crippen molar-refractivity contribution < 1.29 is 0 Å². The Morgan fingerprint density at radius 2 is 1.63 bits per heavy atom. The average molecular weight is 490 g/mol. The van der Waals surface area contributed by atoms with E-state index in [1.54, 1.807) is 0 Å². The third kappa shape index (κ3) is 5.41. The van der Waals surface area contributed by atoms with Gasteiger partial charge in [-0.3, -0.25) is 4.40 Å². The maximum Gasteiger partial charge on any atom is 0.148 e. The summed E-state index contributed by atoms with van der Waals surface area (Å²) in [5.41, 5.74) is 8.78. The predicted octanol–water partition coefficient (Wildman–Crippen LogP) is 8.82. The van der Waals surface area contributed by atoms with E-state index >= 15 is 0 Å². The lowest BCUT2D eigenvalue weighted by Crippen LogP contribution is -2.25. The fourth-order valence-electron chi connectivity index (χ4n) is 4.89. The molecule has 4 heteroatoms. The van der Waals surface area contributed by atoms with Crippen LogP contribution in [-0.2, 0) is 11.8 Å². The number of rotatable bonds is 4. The van der Waals surface area contributed by atoms with E-state index in [-0.39, 0.29) is 5.41 Å². The number of imidazole rings is 1. The van der Waals surface area contributed by atoms with Crippen LogP contribution in [0.25, 0.3) is 27.6 Å². The molecule has 2 heterocycles. The molecule has 1 aliphatic carbocycles. The third-order valence-corrected chi connectivity index (χ3v) is 9.16. The van der Waals surface area contributed by atoms with Crippen LogP contribution in [-0.4, -0.2) is 33.9 Å². The highest BCUT2D eigenvalue weighted by molar-refractivity contribution is 7.55. The molecule has 2 aromatic heterocycles. The van der Waals surface area contributed by atoms with E-state index in [4.69, 9.17) is 9.97 Å². The van der Waals surface area contributed by atoms with Crippen molar-refractivity contribution in [2.24, 2.45) is 5.41 Å². The van der Waals surface area contributed by atoms with Crippen molar-refractivity contribution in [2.75, 3.05) is 19.5 Å². The summed E-state index contributed by atoms with van der Waals surface area (Å²) in [7, 11) is 0.402. The Labute approximate surface area is 213 Å². The number of hydrogen-bond donors (Lipinski definition) is 0. The maximum atomic E-state index is 5.21. The smallest absolute Gasteiger partial charge is 0.148 e. The van der Waals surface area contributed by atoms with E-state index in [9.17, 15) is 0 Å². The van der Waals surface area contributed by atoms with Crippen molar-refractivity contribution in [2.45, 2.75) is 86.0 Å². The fraction of sp³-hybridized carbons (Fsp3) is 0.548. The molecule has 1 saturated carbocycles. The molecule has 0 saturated heterocycles. The van der Waals surface area contributed by atoms with E-state index in [2.05, 4.69) is 96.5 Å². The van der Waals surface area contributed by atoms with E-state index in [1.165, 1.54) is 48.5 Å². The zero-order valence-corrected chi connectivity index (χ0v) is 24.3. The summed E-state index contributed by atoms with van der Waals surface area (Å²) >= 11 is 0. The number of fused-ring (bicyclic) bond motifs is 5. The van der Waals surface area contributed by atoms with Gasteiger partial charge in [0.1, 0.15) is 11.5 Å².